The van der Waals surface area contributed by atoms with Crippen LogP contribution >= 0.6 is 0 Å². The van der Waals surface area contributed by atoms with Gasteiger partial charge in [0, 0.05) is 0 Å². The molecular formula is C14H18N4. The van der Waals surface area contributed by atoms with Crippen LogP contribution in [0.1, 0.15) is 31.5 Å². The van der Waals surface area contributed by atoms with E-state index < -0.39 is 0 Å². The van der Waals surface area contributed by atoms with E-state index >= 15 is 0 Å². The molecule has 94 valence electrons. The lowest BCUT2D eigenvalue weighted by Crippen LogP contribution is -2.11. The minimum atomic E-state index is -0.0841. The van der Waals surface area contributed by atoms with Crippen LogP contribution in [-0.2, 0) is 0 Å². The van der Waals surface area contributed by atoms with Gasteiger partial charge >= 0.3 is 0 Å². The third-order valence-electron chi connectivity index (χ3n) is 2.76. The molecule has 0 aliphatic heterocycles. The molecule has 1 aromatic heterocycles. The van der Waals surface area contributed by atoms with Gasteiger partial charge in [0.25, 0.3) is 0 Å². The zero-order valence-corrected chi connectivity index (χ0v) is 10.6. The Kier molecular flexibility index (Phi) is 3.89. The van der Waals surface area contributed by atoms with Gasteiger partial charge in [-0.1, -0.05) is 23.8 Å². The molecule has 1 atom stereocenters. The van der Waals surface area contributed by atoms with Crippen molar-refractivity contribution in [2.24, 2.45) is 5.73 Å². The zero-order valence-electron chi connectivity index (χ0n) is 10.6. The van der Waals surface area contributed by atoms with E-state index in [0.29, 0.717) is 0 Å². The standard InChI is InChI=1S/C14H18N4/c1-11(2)8-9-13(15)14-10-16-18(17-14)12-6-4-3-5-7-12/h3-7,10,13H,1,8-9,15H2,2H3. The molecule has 2 N–H and O–H groups in total. The van der Waals surface area contributed by atoms with Gasteiger partial charge in [-0.3, -0.25) is 0 Å². The summed E-state index contributed by atoms with van der Waals surface area (Å²) in [7, 11) is 0. The van der Waals surface area contributed by atoms with Crippen molar-refractivity contribution in [3.05, 3.63) is 54.4 Å². The Bertz CT molecular complexity index is 516. The summed E-state index contributed by atoms with van der Waals surface area (Å²) in [6.45, 7) is 5.88. The van der Waals surface area contributed by atoms with Crippen molar-refractivity contribution in [3.63, 3.8) is 0 Å². The maximum absolute atomic E-state index is 6.08. The van der Waals surface area contributed by atoms with Gasteiger partial charge in [0.1, 0.15) is 0 Å². The molecule has 4 nitrogen and oxygen atoms in total. The third kappa shape index (κ3) is 3.05. The third-order valence-corrected chi connectivity index (χ3v) is 2.76. The molecule has 2 aromatic rings. The molecule has 0 aliphatic carbocycles. The second kappa shape index (κ2) is 5.60. The summed E-state index contributed by atoms with van der Waals surface area (Å²) in [5.74, 6) is 0. The Balaban J connectivity index is 2.08. The van der Waals surface area contributed by atoms with E-state index in [1.807, 2.05) is 37.3 Å². The van der Waals surface area contributed by atoms with Crippen LogP contribution in [0.4, 0.5) is 0 Å². The van der Waals surface area contributed by atoms with Crippen LogP contribution in [0, 0.1) is 0 Å². The lowest BCUT2D eigenvalue weighted by Gasteiger charge is -2.07. The molecule has 18 heavy (non-hydrogen) atoms. The number of rotatable bonds is 5. The van der Waals surface area contributed by atoms with Crippen LogP contribution in [-0.4, -0.2) is 15.0 Å². The summed E-state index contributed by atoms with van der Waals surface area (Å²) >= 11 is 0. The van der Waals surface area contributed by atoms with Crippen molar-refractivity contribution in [3.8, 4) is 5.69 Å². The molecule has 0 saturated carbocycles. The predicted octanol–water partition coefficient (Wildman–Crippen LogP) is 2.62. The van der Waals surface area contributed by atoms with Crippen LogP contribution in [0.5, 0.6) is 0 Å². The Labute approximate surface area is 107 Å². The Morgan fingerprint density at radius 3 is 2.78 bits per heavy atom. The molecule has 0 amide bonds. The largest absolute Gasteiger partial charge is 0.323 e. The highest BCUT2D eigenvalue weighted by Gasteiger charge is 2.10. The van der Waals surface area contributed by atoms with Crippen molar-refractivity contribution in [1.82, 2.24) is 15.0 Å². The summed E-state index contributed by atoms with van der Waals surface area (Å²) in [6.07, 6.45) is 3.50. The monoisotopic (exact) mass is 242 g/mol. The molecule has 0 bridgehead atoms. The lowest BCUT2D eigenvalue weighted by atomic mass is 10.1. The van der Waals surface area contributed by atoms with Gasteiger partial charge in [0.05, 0.1) is 23.6 Å². The SMILES string of the molecule is C=C(C)CCC(N)c1cnn(-c2ccccc2)n1. The van der Waals surface area contributed by atoms with Gasteiger partial charge in [-0.25, -0.2) is 0 Å². The summed E-state index contributed by atoms with van der Waals surface area (Å²) in [4.78, 5) is 1.61. The van der Waals surface area contributed by atoms with E-state index in [2.05, 4.69) is 16.8 Å². The van der Waals surface area contributed by atoms with Crippen LogP contribution < -0.4 is 5.73 Å². The first kappa shape index (κ1) is 12.5. The van der Waals surface area contributed by atoms with Gasteiger partial charge in [-0.2, -0.15) is 15.0 Å². The molecular weight excluding hydrogens is 224 g/mol. The second-order valence-corrected chi connectivity index (χ2v) is 4.50. The molecule has 1 heterocycles. The normalized spacial score (nSPS) is 12.3. The van der Waals surface area contributed by atoms with Gasteiger partial charge in [0.2, 0.25) is 0 Å². The predicted molar refractivity (Wildman–Crippen MR) is 72.3 cm³/mol. The molecule has 0 saturated heterocycles. The average Bonchev–Trinajstić information content (AvgIpc) is 2.86. The van der Waals surface area contributed by atoms with Gasteiger partial charge in [-0.15, -0.1) is 6.58 Å². The van der Waals surface area contributed by atoms with Crippen molar-refractivity contribution in [2.45, 2.75) is 25.8 Å². The number of para-hydroxylation sites is 1. The summed E-state index contributed by atoms with van der Waals surface area (Å²) in [6, 6.07) is 9.72. The molecule has 0 spiro atoms. The fraction of sp³-hybridized carbons (Fsp3) is 0.286. The van der Waals surface area contributed by atoms with E-state index in [0.717, 1.165) is 29.8 Å². The van der Waals surface area contributed by atoms with Crippen LogP contribution in [0.25, 0.3) is 5.69 Å². The summed E-state index contributed by atoms with van der Waals surface area (Å²) in [5, 5.41) is 8.65. The van der Waals surface area contributed by atoms with E-state index in [1.165, 1.54) is 0 Å². The fourth-order valence-electron chi connectivity index (χ4n) is 1.68. The maximum Gasteiger partial charge on any atom is 0.0998 e. The minimum Gasteiger partial charge on any atom is -0.323 e. The van der Waals surface area contributed by atoms with Crippen molar-refractivity contribution in [2.75, 3.05) is 0 Å². The molecule has 0 aliphatic rings. The molecule has 1 aromatic carbocycles. The number of allylic oxidation sites excluding steroid dienone is 1. The van der Waals surface area contributed by atoms with E-state index in [-0.39, 0.29) is 6.04 Å². The van der Waals surface area contributed by atoms with E-state index in [9.17, 15) is 0 Å². The van der Waals surface area contributed by atoms with Crippen LogP contribution in [0.2, 0.25) is 0 Å². The van der Waals surface area contributed by atoms with Crippen molar-refractivity contribution < 1.29 is 0 Å². The quantitative estimate of drug-likeness (QED) is 0.820. The maximum atomic E-state index is 6.08. The zero-order chi connectivity index (χ0) is 13.0. The molecule has 2 rings (SSSR count). The topological polar surface area (TPSA) is 56.7 Å². The van der Waals surface area contributed by atoms with Gasteiger partial charge in [-0.05, 0) is 31.9 Å². The number of hydrogen-bond acceptors (Lipinski definition) is 3. The number of nitrogens with two attached hydrogens (primary N) is 1. The average molecular weight is 242 g/mol. The smallest absolute Gasteiger partial charge is 0.0998 e. The van der Waals surface area contributed by atoms with Crippen LogP contribution in [0.15, 0.2) is 48.7 Å². The first-order valence-corrected chi connectivity index (χ1v) is 6.04. The Morgan fingerprint density at radius 1 is 1.39 bits per heavy atom. The summed E-state index contributed by atoms with van der Waals surface area (Å²) < 4.78 is 0. The van der Waals surface area contributed by atoms with Crippen molar-refractivity contribution in [1.29, 1.82) is 0 Å². The molecule has 0 fully saturated rings. The number of nitrogens with zero attached hydrogens (tertiary/aromatic N) is 3. The summed E-state index contributed by atoms with van der Waals surface area (Å²) in [5.41, 5.74) is 8.98. The number of aromatic nitrogens is 3. The number of benzene rings is 1. The van der Waals surface area contributed by atoms with Gasteiger partial charge < -0.3 is 5.73 Å². The first-order chi connectivity index (χ1) is 8.66. The Hall–Kier alpha value is -1.94. The highest BCUT2D eigenvalue weighted by Crippen LogP contribution is 2.16. The highest BCUT2D eigenvalue weighted by atomic mass is 15.5. The van der Waals surface area contributed by atoms with Crippen LogP contribution in [0.3, 0.4) is 0 Å². The fourth-order valence-corrected chi connectivity index (χ4v) is 1.68. The van der Waals surface area contributed by atoms with Gasteiger partial charge in [0.15, 0.2) is 0 Å². The van der Waals surface area contributed by atoms with Crippen molar-refractivity contribution >= 4 is 0 Å². The Morgan fingerprint density at radius 2 is 2.11 bits per heavy atom. The first-order valence-electron chi connectivity index (χ1n) is 6.04. The molecule has 4 heteroatoms. The second-order valence-electron chi connectivity index (χ2n) is 4.50. The minimum absolute atomic E-state index is 0.0841. The van der Waals surface area contributed by atoms with E-state index in [1.54, 1.807) is 11.0 Å². The molecule has 1 unspecified atom stereocenters. The molecule has 0 radical (unpaired) electrons. The lowest BCUT2D eigenvalue weighted by molar-refractivity contribution is 0.618. The van der Waals surface area contributed by atoms with E-state index in [4.69, 9.17) is 5.73 Å². The highest BCUT2D eigenvalue weighted by molar-refractivity contribution is 5.28. The number of hydrogen-bond donors (Lipinski definition) is 1.